The number of hydrogen-bond donors (Lipinski definition) is 0. The van der Waals surface area contributed by atoms with E-state index in [-0.39, 0.29) is 17.7 Å². The molecule has 0 aromatic heterocycles. The lowest BCUT2D eigenvalue weighted by Gasteiger charge is -2.12. The number of benzene rings is 3. The van der Waals surface area contributed by atoms with E-state index in [4.69, 9.17) is 4.74 Å². The molecule has 2 amide bonds. The maximum atomic E-state index is 12.8. The zero-order chi connectivity index (χ0) is 20.2. The lowest BCUT2D eigenvalue weighted by molar-refractivity contribution is -0.123. The molecule has 4 nitrogen and oxygen atoms in total. The number of carbonyl (C=O) groups is 2. The maximum absolute atomic E-state index is 12.8. The van der Waals surface area contributed by atoms with Gasteiger partial charge in [0, 0.05) is 0 Å². The Hall–Kier alpha value is -3.31. The summed E-state index contributed by atoms with van der Waals surface area (Å²) in [6, 6.07) is 24.8. The number of thioether (sulfide) groups is 1. The summed E-state index contributed by atoms with van der Waals surface area (Å²) in [5.74, 6) is 1.14. The Labute approximate surface area is 173 Å². The first-order chi connectivity index (χ1) is 14.1. The van der Waals surface area contributed by atoms with Crippen molar-refractivity contribution >= 4 is 29.0 Å². The molecule has 5 heteroatoms. The van der Waals surface area contributed by atoms with Crippen molar-refractivity contribution in [2.45, 2.75) is 13.5 Å². The molecule has 144 valence electrons. The number of hydrogen-bond acceptors (Lipinski definition) is 4. The van der Waals surface area contributed by atoms with Gasteiger partial charge >= 0.3 is 0 Å². The summed E-state index contributed by atoms with van der Waals surface area (Å²) in [6.45, 7) is 2.28. The molecule has 1 aliphatic heterocycles. The standard InChI is InChI=1S/C24H19NO3S/c1-17-10-12-18(13-11-17)16-25-23(26)22(29-24(25)27)15-19-6-5-9-21(14-19)28-20-7-3-2-4-8-20/h2-15H,16H2,1H3/b22-15+. The Balaban J connectivity index is 1.51. The van der Waals surface area contributed by atoms with Crippen molar-refractivity contribution in [3.63, 3.8) is 0 Å². The minimum atomic E-state index is -0.269. The van der Waals surface area contributed by atoms with Crippen molar-refractivity contribution in [3.8, 4) is 11.5 Å². The predicted octanol–water partition coefficient (Wildman–Crippen LogP) is 6.02. The number of nitrogens with zero attached hydrogens (tertiary/aromatic N) is 1. The Morgan fingerprint density at radius 2 is 1.62 bits per heavy atom. The summed E-state index contributed by atoms with van der Waals surface area (Å²) in [7, 11) is 0. The molecule has 1 aliphatic rings. The van der Waals surface area contributed by atoms with Crippen molar-refractivity contribution < 1.29 is 14.3 Å². The van der Waals surface area contributed by atoms with E-state index >= 15 is 0 Å². The van der Waals surface area contributed by atoms with Gasteiger partial charge in [0.15, 0.2) is 0 Å². The van der Waals surface area contributed by atoms with Gasteiger partial charge in [-0.25, -0.2) is 0 Å². The predicted molar refractivity (Wildman–Crippen MR) is 116 cm³/mol. The van der Waals surface area contributed by atoms with Crippen LogP contribution in [0.5, 0.6) is 11.5 Å². The van der Waals surface area contributed by atoms with Crippen LogP contribution in [0.25, 0.3) is 6.08 Å². The Morgan fingerprint density at radius 1 is 0.897 bits per heavy atom. The quantitative estimate of drug-likeness (QED) is 0.490. The molecule has 0 spiro atoms. The number of imide groups is 1. The number of amides is 2. The fourth-order valence-corrected chi connectivity index (χ4v) is 3.79. The molecule has 3 aromatic carbocycles. The third-order valence-electron chi connectivity index (χ3n) is 4.47. The fourth-order valence-electron chi connectivity index (χ4n) is 2.96. The Bertz CT molecular complexity index is 1070. The highest BCUT2D eigenvalue weighted by Crippen LogP contribution is 2.34. The summed E-state index contributed by atoms with van der Waals surface area (Å²) in [5, 5.41) is -0.251. The number of carbonyl (C=O) groups excluding carboxylic acids is 2. The third-order valence-corrected chi connectivity index (χ3v) is 5.38. The molecule has 1 fully saturated rings. The van der Waals surface area contributed by atoms with E-state index in [1.54, 1.807) is 6.08 Å². The number of aryl methyl sites for hydroxylation is 1. The van der Waals surface area contributed by atoms with Crippen molar-refractivity contribution in [3.05, 3.63) is 100 Å². The second-order valence-corrected chi connectivity index (χ2v) is 7.73. The molecule has 0 unspecified atom stereocenters. The smallest absolute Gasteiger partial charge is 0.293 e. The van der Waals surface area contributed by atoms with Crippen LogP contribution in [0, 0.1) is 6.92 Å². The van der Waals surface area contributed by atoms with Crippen LogP contribution in [-0.4, -0.2) is 16.0 Å². The maximum Gasteiger partial charge on any atom is 0.293 e. The first kappa shape index (κ1) is 19.0. The molecule has 0 atom stereocenters. The zero-order valence-electron chi connectivity index (χ0n) is 15.9. The zero-order valence-corrected chi connectivity index (χ0v) is 16.7. The molecular formula is C24H19NO3S. The molecule has 29 heavy (non-hydrogen) atoms. The van der Waals surface area contributed by atoms with Crippen LogP contribution in [0.1, 0.15) is 16.7 Å². The fraction of sp³-hybridized carbons (Fsp3) is 0.0833. The highest BCUT2D eigenvalue weighted by Gasteiger charge is 2.34. The van der Waals surface area contributed by atoms with Gasteiger partial charge in [-0.15, -0.1) is 0 Å². The Morgan fingerprint density at radius 3 is 2.38 bits per heavy atom. The summed E-state index contributed by atoms with van der Waals surface area (Å²) in [6.07, 6.45) is 1.73. The first-order valence-corrected chi connectivity index (χ1v) is 10.0. The van der Waals surface area contributed by atoms with E-state index in [1.807, 2.05) is 85.8 Å². The van der Waals surface area contributed by atoms with E-state index in [2.05, 4.69) is 0 Å². The van der Waals surface area contributed by atoms with Gasteiger partial charge < -0.3 is 4.74 Å². The summed E-state index contributed by atoms with van der Waals surface area (Å²) in [5.41, 5.74) is 2.87. The monoisotopic (exact) mass is 401 g/mol. The molecule has 1 saturated heterocycles. The van der Waals surface area contributed by atoms with Crippen LogP contribution in [0.3, 0.4) is 0 Å². The van der Waals surface area contributed by atoms with Gasteiger partial charge in [0.1, 0.15) is 11.5 Å². The van der Waals surface area contributed by atoms with Crippen LogP contribution in [-0.2, 0) is 11.3 Å². The first-order valence-electron chi connectivity index (χ1n) is 9.22. The van der Waals surface area contributed by atoms with E-state index in [9.17, 15) is 9.59 Å². The van der Waals surface area contributed by atoms with Gasteiger partial charge in [0.25, 0.3) is 11.1 Å². The Kier molecular flexibility index (Phi) is 5.49. The van der Waals surface area contributed by atoms with E-state index in [0.717, 1.165) is 34.2 Å². The molecular weight excluding hydrogens is 382 g/mol. The van der Waals surface area contributed by atoms with Gasteiger partial charge in [0.05, 0.1) is 11.4 Å². The topological polar surface area (TPSA) is 46.6 Å². The normalized spacial score (nSPS) is 15.2. The van der Waals surface area contributed by atoms with Gasteiger partial charge in [-0.1, -0.05) is 60.2 Å². The number of ether oxygens (including phenoxy) is 1. The van der Waals surface area contributed by atoms with E-state index < -0.39 is 0 Å². The van der Waals surface area contributed by atoms with Crippen LogP contribution in [0.2, 0.25) is 0 Å². The SMILES string of the molecule is Cc1ccc(CN2C(=O)S/C(=C/c3cccc(Oc4ccccc4)c3)C2=O)cc1. The molecule has 0 N–H and O–H groups in total. The van der Waals surface area contributed by atoms with Crippen molar-refractivity contribution in [2.24, 2.45) is 0 Å². The van der Waals surface area contributed by atoms with E-state index in [0.29, 0.717) is 10.7 Å². The highest BCUT2D eigenvalue weighted by atomic mass is 32.2. The lowest BCUT2D eigenvalue weighted by Crippen LogP contribution is -2.27. The number of para-hydroxylation sites is 1. The van der Waals surface area contributed by atoms with Gasteiger partial charge in [-0.05, 0) is 60.2 Å². The highest BCUT2D eigenvalue weighted by molar-refractivity contribution is 8.18. The van der Waals surface area contributed by atoms with Crippen LogP contribution in [0.15, 0.2) is 83.8 Å². The minimum Gasteiger partial charge on any atom is -0.457 e. The molecule has 4 rings (SSSR count). The largest absolute Gasteiger partial charge is 0.457 e. The van der Waals surface area contributed by atoms with E-state index in [1.165, 1.54) is 4.90 Å². The van der Waals surface area contributed by atoms with Crippen molar-refractivity contribution in [2.75, 3.05) is 0 Å². The van der Waals surface area contributed by atoms with Gasteiger partial charge in [-0.2, -0.15) is 0 Å². The average Bonchev–Trinajstić information content (AvgIpc) is 2.98. The summed E-state index contributed by atoms with van der Waals surface area (Å²) < 4.78 is 5.84. The average molecular weight is 401 g/mol. The second-order valence-electron chi connectivity index (χ2n) is 6.74. The van der Waals surface area contributed by atoms with Crippen LogP contribution in [0.4, 0.5) is 4.79 Å². The van der Waals surface area contributed by atoms with Crippen molar-refractivity contribution in [1.29, 1.82) is 0 Å². The van der Waals surface area contributed by atoms with Gasteiger partial charge in [-0.3, -0.25) is 14.5 Å². The molecule has 0 saturated carbocycles. The molecule has 1 heterocycles. The molecule has 3 aromatic rings. The van der Waals surface area contributed by atoms with Crippen molar-refractivity contribution in [1.82, 2.24) is 4.90 Å². The molecule has 0 aliphatic carbocycles. The molecule has 0 radical (unpaired) electrons. The number of rotatable bonds is 5. The third kappa shape index (κ3) is 4.58. The second kappa shape index (κ2) is 8.37. The summed E-state index contributed by atoms with van der Waals surface area (Å²) >= 11 is 0.967. The van der Waals surface area contributed by atoms with Crippen LogP contribution >= 0.6 is 11.8 Å². The van der Waals surface area contributed by atoms with Crippen LogP contribution < -0.4 is 4.74 Å². The lowest BCUT2D eigenvalue weighted by atomic mass is 10.1. The minimum absolute atomic E-state index is 0.251. The van der Waals surface area contributed by atoms with Gasteiger partial charge in [0.2, 0.25) is 0 Å². The molecule has 0 bridgehead atoms. The summed E-state index contributed by atoms with van der Waals surface area (Å²) in [4.78, 5) is 26.8.